The van der Waals surface area contributed by atoms with Crippen molar-refractivity contribution in [2.45, 2.75) is 32.6 Å². The number of carbonyl (C=O) groups excluding carboxylic acids is 2. The van der Waals surface area contributed by atoms with Gasteiger partial charge in [-0.1, -0.05) is 12.2 Å². The van der Waals surface area contributed by atoms with Crippen LogP contribution in [0.2, 0.25) is 0 Å². The second kappa shape index (κ2) is 7.25. The first-order valence-electron chi connectivity index (χ1n) is 4.85. The Balaban J connectivity index is 4.01. The molecule has 0 saturated heterocycles. The predicted molar refractivity (Wildman–Crippen MR) is 58.0 cm³/mol. The molecular formula is C12H18O2. The van der Waals surface area contributed by atoms with E-state index < -0.39 is 0 Å². The van der Waals surface area contributed by atoms with E-state index in [1.54, 1.807) is 12.2 Å². The molecule has 1 unspecified atom stereocenters. The fourth-order valence-corrected chi connectivity index (χ4v) is 1.23. The largest absolute Gasteiger partial charge is 0.300 e. The molecule has 0 aromatic rings. The van der Waals surface area contributed by atoms with E-state index in [0.29, 0.717) is 25.7 Å². The Bertz CT molecular complexity index is 228. The van der Waals surface area contributed by atoms with Gasteiger partial charge < -0.3 is 0 Å². The average Bonchev–Trinajstić information content (AvgIpc) is 2.14. The Morgan fingerprint density at radius 3 is 2.36 bits per heavy atom. The quantitative estimate of drug-likeness (QED) is 0.557. The summed E-state index contributed by atoms with van der Waals surface area (Å²) in [6.45, 7) is 8.64. The maximum absolute atomic E-state index is 11.4. The van der Waals surface area contributed by atoms with Gasteiger partial charge in [-0.2, -0.15) is 0 Å². The third-order valence-corrected chi connectivity index (χ3v) is 2.13. The molecule has 14 heavy (non-hydrogen) atoms. The topological polar surface area (TPSA) is 34.1 Å². The van der Waals surface area contributed by atoms with Gasteiger partial charge in [0, 0.05) is 18.8 Å². The van der Waals surface area contributed by atoms with Crippen LogP contribution < -0.4 is 0 Å². The van der Waals surface area contributed by atoms with Crippen LogP contribution in [0.5, 0.6) is 0 Å². The van der Waals surface area contributed by atoms with E-state index in [2.05, 4.69) is 13.2 Å². The molecule has 0 aliphatic carbocycles. The van der Waals surface area contributed by atoms with Gasteiger partial charge in [-0.15, -0.1) is 13.2 Å². The Labute approximate surface area is 85.7 Å². The first kappa shape index (κ1) is 12.8. The van der Waals surface area contributed by atoms with Crippen LogP contribution in [-0.2, 0) is 9.59 Å². The molecule has 0 amide bonds. The number of hydrogen-bond acceptors (Lipinski definition) is 2. The van der Waals surface area contributed by atoms with Gasteiger partial charge in [0.25, 0.3) is 0 Å². The summed E-state index contributed by atoms with van der Waals surface area (Å²) in [6, 6.07) is 0. The second-order valence-electron chi connectivity index (χ2n) is 3.40. The lowest BCUT2D eigenvalue weighted by atomic mass is 9.93. The van der Waals surface area contributed by atoms with Gasteiger partial charge in [0.05, 0.1) is 0 Å². The average molecular weight is 194 g/mol. The minimum Gasteiger partial charge on any atom is -0.300 e. The number of ketones is 2. The third kappa shape index (κ3) is 5.46. The molecule has 1 atom stereocenters. The first-order valence-corrected chi connectivity index (χ1v) is 4.85. The summed E-state index contributed by atoms with van der Waals surface area (Å²) < 4.78 is 0. The number of allylic oxidation sites excluding steroid dienone is 2. The highest BCUT2D eigenvalue weighted by atomic mass is 16.1. The van der Waals surface area contributed by atoms with E-state index in [4.69, 9.17) is 0 Å². The van der Waals surface area contributed by atoms with E-state index in [9.17, 15) is 9.59 Å². The second-order valence-corrected chi connectivity index (χ2v) is 3.40. The van der Waals surface area contributed by atoms with E-state index in [0.717, 1.165) is 0 Å². The number of hydrogen-bond donors (Lipinski definition) is 0. The molecule has 0 radical (unpaired) electrons. The van der Waals surface area contributed by atoms with Crippen molar-refractivity contribution in [2.75, 3.05) is 0 Å². The van der Waals surface area contributed by atoms with E-state index in [1.165, 1.54) is 6.92 Å². The summed E-state index contributed by atoms with van der Waals surface area (Å²) in [5.41, 5.74) is 0. The Kier molecular flexibility index (Phi) is 6.63. The van der Waals surface area contributed by atoms with Crippen molar-refractivity contribution in [3.8, 4) is 0 Å². The molecule has 0 N–H and O–H groups in total. The van der Waals surface area contributed by atoms with Crippen molar-refractivity contribution < 1.29 is 9.59 Å². The maximum atomic E-state index is 11.4. The van der Waals surface area contributed by atoms with Gasteiger partial charge in [0.2, 0.25) is 0 Å². The molecule has 0 aliphatic heterocycles. The molecule has 0 fully saturated rings. The minimum atomic E-state index is -0.176. The Hall–Kier alpha value is -1.18. The molecule has 78 valence electrons. The zero-order valence-corrected chi connectivity index (χ0v) is 8.79. The van der Waals surface area contributed by atoms with Gasteiger partial charge in [-0.05, 0) is 19.8 Å². The molecule has 0 rings (SSSR count). The zero-order chi connectivity index (χ0) is 11.0. The van der Waals surface area contributed by atoms with Gasteiger partial charge in [0.15, 0.2) is 0 Å². The lowest BCUT2D eigenvalue weighted by Gasteiger charge is -2.09. The fraction of sp³-hybridized carbons (Fsp3) is 0.500. The molecule has 2 heteroatoms. The molecule has 0 heterocycles. The molecule has 0 aromatic carbocycles. The predicted octanol–water partition coefficient (Wildman–Crippen LogP) is 2.69. The van der Waals surface area contributed by atoms with Crippen molar-refractivity contribution in [1.82, 2.24) is 0 Å². The summed E-state index contributed by atoms with van der Waals surface area (Å²) in [7, 11) is 0. The smallest absolute Gasteiger partial charge is 0.133 e. The SMILES string of the molecule is C=CCCC(=O)CC(CC=C)C(C)=O. The summed E-state index contributed by atoms with van der Waals surface area (Å²) in [5, 5.41) is 0. The minimum absolute atomic E-state index is 0.0665. The highest BCUT2D eigenvalue weighted by Gasteiger charge is 2.16. The van der Waals surface area contributed by atoms with Crippen LogP contribution in [0, 0.1) is 5.92 Å². The van der Waals surface area contributed by atoms with Crippen molar-refractivity contribution in [3.05, 3.63) is 25.3 Å². The van der Waals surface area contributed by atoms with Gasteiger partial charge in [-0.3, -0.25) is 9.59 Å². The van der Waals surface area contributed by atoms with Crippen LogP contribution in [-0.4, -0.2) is 11.6 Å². The summed E-state index contributed by atoms with van der Waals surface area (Å²) >= 11 is 0. The van der Waals surface area contributed by atoms with Crippen LogP contribution in [0.1, 0.15) is 32.6 Å². The highest BCUT2D eigenvalue weighted by Crippen LogP contribution is 2.13. The summed E-state index contributed by atoms with van der Waals surface area (Å²) in [6.07, 6.45) is 5.52. The standard InChI is InChI=1S/C12H18O2/c1-4-6-8-12(14)9-11(7-5-2)10(3)13/h4-5,11H,1-2,6-9H2,3H3. The summed E-state index contributed by atoms with van der Waals surface area (Å²) in [4.78, 5) is 22.5. The maximum Gasteiger partial charge on any atom is 0.133 e. The molecule has 2 nitrogen and oxygen atoms in total. The number of rotatable bonds is 8. The molecule has 0 aliphatic rings. The number of Topliss-reactive ketones (excluding diaryl/α,β-unsaturated/α-hetero) is 2. The normalized spacial score (nSPS) is 11.8. The van der Waals surface area contributed by atoms with Crippen molar-refractivity contribution in [3.63, 3.8) is 0 Å². The Morgan fingerprint density at radius 1 is 1.29 bits per heavy atom. The lowest BCUT2D eigenvalue weighted by Crippen LogP contribution is -2.15. The molecule has 0 aromatic heterocycles. The van der Waals surface area contributed by atoms with E-state index in [-0.39, 0.29) is 17.5 Å². The van der Waals surface area contributed by atoms with E-state index >= 15 is 0 Å². The highest BCUT2D eigenvalue weighted by molar-refractivity contribution is 5.86. The molecule has 0 bridgehead atoms. The van der Waals surface area contributed by atoms with Crippen molar-refractivity contribution in [1.29, 1.82) is 0 Å². The van der Waals surface area contributed by atoms with Gasteiger partial charge >= 0.3 is 0 Å². The van der Waals surface area contributed by atoms with Crippen LogP contribution in [0.15, 0.2) is 25.3 Å². The van der Waals surface area contributed by atoms with Crippen LogP contribution in [0.25, 0.3) is 0 Å². The lowest BCUT2D eigenvalue weighted by molar-refractivity contribution is -0.126. The summed E-state index contributed by atoms with van der Waals surface area (Å²) in [5.74, 6) is 0.0219. The van der Waals surface area contributed by atoms with E-state index in [1.807, 2.05) is 0 Å². The first-order chi connectivity index (χ1) is 6.61. The van der Waals surface area contributed by atoms with Crippen LogP contribution in [0.3, 0.4) is 0 Å². The Morgan fingerprint density at radius 2 is 1.93 bits per heavy atom. The van der Waals surface area contributed by atoms with Crippen molar-refractivity contribution in [2.24, 2.45) is 5.92 Å². The molecule has 0 spiro atoms. The van der Waals surface area contributed by atoms with Crippen molar-refractivity contribution >= 4 is 11.6 Å². The fourth-order valence-electron chi connectivity index (χ4n) is 1.23. The molecule has 0 saturated carbocycles. The van der Waals surface area contributed by atoms with Crippen LogP contribution in [0.4, 0.5) is 0 Å². The van der Waals surface area contributed by atoms with Crippen LogP contribution >= 0.6 is 0 Å². The third-order valence-electron chi connectivity index (χ3n) is 2.13. The molecular weight excluding hydrogens is 176 g/mol. The monoisotopic (exact) mass is 194 g/mol. The van der Waals surface area contributed by atoms with Gasteiger partial charge in [0.1, 0.15) is 11.6 Å². The number of carbonyl (C=O) groups is 2. The van der Waals surface area contributed by atoms with Gasteiger partial charge in [-0.25, -0.2) is 0 Å². The zero-order valence-electron chi connectivity index (χ0n) is 8.79.